The first-order chi connectivity index (χ1) is 11.7. The van der Waals surface area contributed by atoms with Crippen molar-refractivity contribution < 1.29 is 9.21 Å². The first kappa shape index (κ1) is 14.1. The fourth-order valence-electron chi connectivity index (χ4n) is 2.49. The molecule has 0 unspecified atom stereocenters. The topological polar surface area (TPSA) is 92.9 Å². The fraction of sp³-hybridized carbons (Fsp3) is 0.0588. The number of anilines is 2. The number of amides is 2. The summed E-state index contributed by atoms with van der Waals surface area (Å²) in [6.07, 6.45) is 1.42. The van der Waals surface area contributed by atoms with E-state index in [9.17, 15) is 4.79 Å². The van der Waals surface area contributed by atoms with Crippen molar-refractivity contribution in [3.63, 3.8) is 0 Å². The molecule has 2 heterocycles. The monoisotopic (exact) mass is 319 g/mol. The zero-order valence-electron chi connectivity index (χ0n) is 12.8. The highest BCUT2D eigenvalue weighted by Crippen LogP contribution is 2.21. The fourth-order valence-corrected chi connectivity index (χ4v) is 2.49. The Labute approximate surface area is 136 Å². The minimum atomic E-state index is -0.394. The van der Waals surface area contributed by atoms with Gasteiger partial charge in [-0.2, -0.15) is 0 Å². The minimum absolute atomic E-state index is 0.394. The van der Waals surface area contributed by atoms with Crippen LogP contribution in [0.4, 0.5) is 16.3 Å². The highest BCUT2D eigenvalue weighted by Gasteiger charge is 2.09. The number of carbonyl (C=O) groups excluding carboxylic acids is 1. The van der Waals surface area contributed by atoms with Gasteiger partial charge in [-0.15, -0.1) is 0 Å². The molecule has 0 aliphatic carbocycles. The number of benzene rings is 2. The van der Waals surface area contributed by atoms with E-state index in [1.807, 2.05) is 24.3 Å². The molecule has 0 aliphatic rings. The van der Waals surface area contributed by atoms with Crippen molar-refractivity contribution in [2.75, 3.05) is 10.6 Å². The molecular formula is C17H13N5O2. The Hall–Kier alpha value is -3.48. The Kier molecular flexibility index (Phi) is 3.31. The van der Waals surface area contributed by atoms with Gasteiger partial charge in [-0.25, -0.2) is 19.7 Å². The molecule has 2 aromatic carbocycles. The second-order valence-corrected chi connectivity index (χ2v) is 5.23. The summed E-state index contributed by atoms with van der Waals surface area (Å²) >= 11 is 0. The van der Waals surface area contributed by atoms with Crippen LogP contribution < -0.4 is 10.6 Å². The lowest BCUT2D eigenvalue weighted by molar-refractivity contribution is 0.262. The van der Waals surface area contributed by atoms with Crippen LogP contribution in [0.5, 0.6) is 0 Å². The molecule has 0 radical (unpaired) electrons. The molecule has 0 fully saturated rings. The van der Waals surface area contributed by atoms with E-state index in [0.717, 1.165) is 16.4 Å². The van der Waals surface area contributed by atoms with E-state index < -0.39 is 6.03 Å². The molecule has 7 nitrogen and oxygen atoms in total. The molecule has 0 saturated heterocycles. The number of urea groups is 1. The third-order valence-corrected chi connectivity index (χ3v) is 3.53. The molecule has 2 amide bonds. The summed E-state index contributed by atoms with van der Waals surface area (Å²) in [6.45, 7) is 1.78. The Morgan fingerprint density at radius 2 is 1.92 bits per heavy atom. The number of para-hydroxylation sites is 1. The molecule has 0 spiro atoms. The number of carbonyl (C=O) groups is 1. The molecule has 2 aromatic heterocycles. The number of nitrogens with zero attached hydrogens (tertiary/aromatic N) is 3. The van der Waals surface area contributed by atoms with Crippen molar-refractivity contribution in [1.82, 2.24) is 15.0 Å². The zero-order valence-corrected chi connectivity index (χ0v) is 12.8. The smallest absolute Gasteiger partial charge is 0.324 e. The van der Waals surface area contributed by atoms with E-state index in [0.29, 0.717) is 23.0 Å². The third kappa shape index (κ3) is 2.63. The van der Waals surface area contributed by atoms with Crippen LogP contribution in [0, 0.1) is 6.92 Å². The van der Waals surface area contributed by atoms with Crippen LogP contribution in [0.25, 0.3) is 22.0 Å². The molecule has 0 atom stereocenters. The lowest BCUT2D eigenvalue weighted by atomic mass is 10.2. The van der Waals surface area contributed by atoms with Crippen LogP contribution in [0.3, 0.4) is 0 Å². The Balaban J connectivity index is 1.56. The number of aryl methyl sites for hydroxylation is 1. The maximum absolute atomic E-state index is 12.2. The average molecular weight is 319 g/mol. The van der Waals surface area contributed by atoms with Gasteiger partial charge in [-0.05, 0) is 24.3 Å². The van der Waals surface area contributed by atoms with Gasteiger partial charge in [0.1, 0.15) is 17.7 Å². The first-order valence-corrected chi connectivity index (χ1v) is 7.34. The number of oxazole rings is 1. The Morgan fingerprint density at radius 3 is 2.83 bits per heavy atom. The van der Waals surface area contributed by atoms with Gasteiger partial charge in [0.15, 0.2) is 11.5 Å². The molecule has 0 aliphatic heterocycles. The van der Waals surface area contributed by atoms with Gasteiger partial charge < -0.3 is 9.73 Å². The largest absolute Gasteiger partial charge is 0.441 e. The van der Waals surface area contributed by atoms with Crippen molar-refractivity contribution >= 4 is 39.5 Å². The standard InChI is InChI=1S/C17H13N5O2/c1-10-20-14-7-6-11(8-15(14)24-10)21-17(23)22-16-12-4-2-3-5-13(12)18-9-19-16/h2-9H,1H3,(H2,18,19,21,22,23). The molecule has 4 rings (SSSR count). The number of nitrogens with one attached hydrogen (secondary N) is 2. The van der Waals surface area contributed by atoms with Gasteiger partial charge in [0.2, 0.25) is 0 Å². The number of hydrogen-bond donors (Lipinski definition) is 2. The van der Waals surface area contributed by atoms with Crippen LogP contribution in [0.1, 0.15) is 5.89 Å². The molecule has 0 saturated carbocycles. The minimum Gasteiger partial charge on any atom is -0.441 e. The summed E-state index contributed by atoms with van der Waals surface area (Å²) in [5.41, 5.74) is 2.74. The summed E-state index contributed by atoms with van der Waals surface area (Å²) in [6, 6.07) is 12.4. The van der Waals surface area contributed by atoms with E-state index in [1.54, 1.807) is 25.1 Å². The van der Waals surface area contributed by atoms with Gasteiger partial charge in [-0.1, -0.05) is 12.1 Å². The quantitative estimate of drug-likeness (QED) is 0.587. The number of hydrogen-bond acceptors (Lipinski definition) is 5. The van der Waals surface area contributed by atoms with Gasteiger partial charge in [0, 0.05) is 24.1 Å². The highest BCUT2D eigenvalue weighted by atomic mass is 16.3. The Morgan fingerprint density at radius 1 is 1.04 bits per heavy atom. The predicted molar refractivity (Wildman–Crippen MR) is 90.9 cm³/mol. The normalized spacial score (nSPS) is 10.9. The third-order valence-electron chi connectivity index (χ3n) is 3.53. The summed E-state index contributed by atoms with van der Waals surface area (Å²) in [5.74, 6) is 1.04. The molecule has 2 N–H and O–H groups in total. The summed E-state index contributed by atoms with van der Waals surface area (Å²) in [5, 5.41) is 6.27. The van der Waals surface area contributed by atoms with Crippen molar-refractivity contribution in [1.29, 1.82) is 0 Å². The van der Waals surface area contributed by atoms with E-state index in [4.69, 9.17) is 4.42 Å². The Bertz CT molecular complexity index is 1050. The van der Waals surface area contributed by atoms with Gasteiger partial charge in [0.25, 0.3) is 0 Å². The van der Waals surface area contributed by atoms with Crippen molar-refractivity contribution in [3.05, 3.63) is 54.7 Å². The van der Waals surface area contributed by atoms with Crippen LogP contribution >= 0.6 is 0 Å². The van der Waals surface area contributed by atoms with Crippen molar-refractivity contribution in [3.8, 4) is 0 Å². The summed E-state index contributed by atoms with van der Waals surface area (Å²) < 4.78 is 5.46. The van der Waals surface area contributed by atoms with Gasteiger partial charge in [0.05, 0.1) is 5.52 Å². The van der Waals surface area contributed by atoms with Crippen LogP contribution in [-0.4, -0.2) is 21.0 Å². The highest BCUT2D eigenvalue weighted by molar-refractivity contribution is 6.04. The molecule has 4 aromatic rings. The molecule has 118 valence electrons. The van der Waals surface area contributed by atoms with Crippen LogP contribution in [0.15, 0.2) is 53.2 Å². The van der Waals surface area contributed by atoms with E-state index in [1.165, 1.54) is 6.33 Å². The molecule has 7 heteroatoms. The number of aromatic nitrogens is 3. The maximum atomic E-state index is 12.2. The van der Waals surface area contributed by atoms with Crippen molar-refractivity contribution in [2.45, 2.75) is 6.92 Å². The summed E-state index contributed by atoms with van der Waals surface area (Å²) in [7, 11) is 0. The molecule has 0 bridgehead atoms. The van der Waals surface area contributed by atoms with Gasteiger partial charge in [-0.3, -0.25) is 5.32 Å². The first-order valence-electron chi connectivity index (χ1n) is 7.34. The van der Waals surface area contributed by atoms with Gasteiger partial charge >= 0.3 is 6.03 Å². The molecule has 24 heavy (non-hydrogen) atoms. The van der Waals surface area contributed by atoms with E-state index in [2.05, 4.69) is 25.6 Å². The van der Waals surface area contributed by atoms with Crippen molar-refractivity contribution in [2.24, 2.45) is 0 Å². The van der Waals surface area contributed by atoms with Crippen LogP contribution in [0.2, 0.25) is 0 Å². The maximum Gasteiger partial charge on any atom is 0.324 e. The van der Waals surface area contributed by atoms with E-state index >= 15 is 0 Å². The lowest BCUT2D eigenvalue weighted by Gasteiger charge is -2.08. The number of fused-ring (bicyclic) bond motifs is 2. The molecular weight excluding hydrogens is 306 g/mol. The zero-order chi connectivity index (χ0) is 16.5. The second kappa shape index (κ2) is 5.62. The van der Waals surface area contributed by atoms with E-state index in [-0.39, 0.29) is 0 Å². The lowest BCUT2D eigenvalue weighted by Crippen LogP contribution is -2.20. The number of rotatable bonds is 2. The van der Waals surface area contributed by atoms with Crippen LogP contribution in [-0.2, 0) is 0 Å². The second-order valence-electron chi connectivity index (χ2n) is 5.23. The predicted octanol–water partition coefficient (Wildman–Crippen LogP) is 3.72. The SMILES string of the molecule is Cc1nc2ccc(NC(=O)Nc3ncnc4ccccc34)cc2o1. The summed E-state index contributed by atoms with van der Waals surface area (Å²) in [4.78, 5) is 24.8. The average Bonchev–Trinajstić information content (AvgIpc) is 2.94.